The van der Waals surface area contributed by atoms with E-state index in [2.05, 4.69) is 12.2 Å². The molecule has 0 saturated heterocycles. The highest BCUT2D eigenvalue weighted by Crippen LogP contribution is 2.05. The first-order valence-corrected chi connectivity index (χ1v) is 5.57. The predicted octanol–water partition coefficient (Wildman–Crippen LogP) is 1.32. The van der Waals surface area contributed by atoms with Crippen LogP contribution in [-0.4, -0.2) is 24.9 Å². The van der Waals surface area contributed by atoms with E-state index >= 15 is 0 Å². The summed E-state index contributed by atoms with van der Waals surface area (Å²) in [6.45, 7) is 7.93. The van der Waals surface area contributed by atoms with Gasteiger partial charge < -0.3 is 11.1 Å². The maximum absolute atomic E-state index is 11.3. The summed E-state index contributed by atoms with van der Waals surface area (Å²) in [5, 5.41) is 3.24. The first kappa shape index (κ1) is 13.6. The van der Waals surface area contributed by atoms with Gasteiger partial charge in [0, 0.05) is 18.4 Å². The molecule has 0 aromatic carbocycles. The van der Waals surface area contributed by atoms with Crippen molar-refractivity contribution < 1.29 is 4.79 Å². The van der Waals surface area contributed by atoms with E-state index in [1.165, 1.54) is 0 Å². The number of Topliss-reactive ketones (excluding diaryl/α,β-unsaturated/α-hetero) is 1. The van der Waals surface area contributed by atoms with Gasteiger partial charge in [0.05, 0.1) is 0 Å². The van der Waals surface area contributed by atoms with Crippen LogP contribution in [0.4, 0.5) is 0 Å². The molecule has 0 aromatic rings. The van der Waals surface area contributed by atoms with E-state index in [0.29, 0.717) is 6.42 Å². The Balaban J connectivity index is 3.45. The first-order valence-electron chi connectivity index (χ1n) is 5.57. The highest BCUT2D eigenvalue weighted by molar-refractivity contribution is 5.80. The van der Waals surface area contributed by atoms with Crippen molar-refractivity contribution in [1.29, 1.82) is 0 Å². The largest absolute Gasteiger partial charge is 0.327 e. The number of rotatable bonds is 8. The topological polar surface area (TPSA) is 55.1 Å². The van der Waals surface area contributed by atoms with Gasteiger partial charge in [-0.15, -0.1) is 0 Å². The van der Waals surface area contributed by atoms with E-state index < -0.39 is 0 Å². The molecule has 14 heavy (non-hydrogen) atoms. The molecule has 0 aliphatic heterocycles. The van der Waals surface area contributed by atoms with Gasteiger partial charge in [-0.2, -0.15) is 0 Å². The Labute approximate surface area is 87.4 Å². The molecule has 1 unspecified atom stereocenters. The summed E-state index contributed by atoms with van der Waals surface area (Å²) >= 11 is 0. The van der Waals surface area contributed by atoms with Crippen LogP contribution in [-0.2, 0) is 4.79 Å². The van der Waals surface area contributed by atoms with Gasteiger partial charge in [-0.1, -0.05) is 20.8 Å². The molecule has 0 saturated carbocycles. The second kappa shape index (κ2) is 7.94. The summed E-state index contributed by atoms with van der Waals surface area (Å²) < 4.78 is 0. The normalized spacial score (nSPS) is 13.2. The molecule has 3 heteroatoms. The van der Waals surface area contributed by atoms with Crippen molar-refractivity contribution in [3.05, 3.63) is 0 Å². The van der Waals surface area contributed by atoms with Crippen molar-refractivity contribution >= 4 is 5.78 Å². The van der Waals surface area contributed by atoms with Crippen LogP contribution in [0, 0.1) is 5.92 Å². The predicted molar refractivity (Wildman–Crippen MR) is 60.2 cm³/mol. The van der Waals surface area contributed by atoms with Crippen LogP contribution in [0.5, 0.6) is 0 Å². The molecule has 0 fully saturated rings. The third-order valence-corrected chi connectivity index (χ3v) is 2.29. The van der Waals surface area contributed by atoms with Crippen LogP contribution < -0.4 is 11.1 Å². The standard InChI is InChI=1S/C11H24N2O/c1-4-13-7-5-6-10(12)8-11(14)9(2)3/h9-10,13H,4-8,12H2,1-3H3. The smallest absolute Gasteiger partial charge is 0.136 e. The van der Waals surface area contributed by atoms with E-state index in [9.17, 15) is 4.79 Å². The molecule has 0 rings (SSSR count). The number of nitrogens with one attached hydrogen (secondary N) is 1. The Morgan fingerprint density at radius 3 is 2.57 bits per heavy atom. The van der Waals surface area contributed by atoms with Crippen molar-refractivity contribution in [2.24, 2.45) is 11.7 Å². The van der Waals surface area contributed by atoms with E-state index in [-0.39, 0.29) is 17.7 Å². The van der Waals surface area contributed by atoms with Crippen molar-refractivity contribution in [3.8, 4) is 0 Å². The fraction of sp³-hybridized carbons (Fsp3) is 0.909. The van der Waals surface area contributed by atoms with Gasteiger partial charge in [-0.3, -0.25) is 4.79 Å². The van der Waals surface area contributed by atoms with Crippen molar-refractivity contribution in [2.75, 3.05) is 13.1 Å². The fourth-order valence-electron chi connectivity index (χ4n) is 1.26. The molecule has 0 amide bonds. The summed E-state index contributed by atoms with van der Waals surface area (Å²) in [6, 6.07) is 0.0450. The first-order chi connectivity index (χ1) is 6.57. The quantitative estimate of drug-likeness (QED) is 0.581. The Hall–Kier alpha value is -0.410. The highest BCUT2D eigenvalue weighted by Gasteiger charge is 2.11. The summed E-state index contributed by atoms with van der Waals surface area (Å²) in [5.41, 5.74) is 5.85. The maximum Gasteiger partial charge on any atom is 0.136 e. The minimum atomic E-state index is 0.0450. The van der Waals surface area contributed by atoms with Gasteiger partial charge in [0.1, 0.15) is 5.78 Å². The van der Waals surface area contributed by atoms with Crippen LogP contribution >= 0.6 is 0 Å². The second-order valence-corrected chi connectivity index (χ2v) is 4.08. The van der Waals surface area contributed by atoms with Gasteiger partial charge in [0.25, 0.3) is 0 Å². The highest BCUT2D eigenvalue weighted by atomic mass is 16.1. The van der Waals surface area contributed by atoms with Crippen LogP contribution in [0.15, 0.2) is 0 Å². The Morgan fingerprint density at radius 1 is 1.43 bits per heavy atom. The number of carbonyl (C=O) groups excluding carboxylic acids is 1. The van der Waals surface area contributed by atoms with Crippen LogP contribution in [0.2, 0.25) is 0 Å². The van der Waals surface area contributed by atoms with Crippen LogP contribution in [0.25, 0.3) is 0 Å². The summed E-state index contributed by atoms with van der Waals surface area (Å²) in [5.74, 6) is 0.399. The average Bonchev–Trinajstić information content (AvgIpc) is 2.12. The molecule has 1 atom stereocenters. The summed E-state index contributed by atoms with van der Waals surface area (Å²) in [6.07, 6.45) is 2.52. The zero-order valence-corrected chi connectivity index (χ0v) is 9.68. The zero-order chi connectivity index (χ0) is 11.0. The second-order valence-electron chi connectivity index (χ2n) is 4.08. The maximum atomic E-state index is 11.3. The number of nitrogens with two attached hydrogens (primary N) is 1. The molecule has 0 aromatic heterocycles. The molecule has 3 nitrogen and oxygen atoms in total. The summed E-state index contributed by atoms with van der Waals surface area (Å²) in [7, 11) is 0. The van der Waals surface area contributed by atoms with E-state index in [1.807, 2.05) is 13.8 Å². The molecule has 0 heterocycles. The number of ketones is 1. The minimum absolute atomic E-state index is 0.0450. The van der Waals surface area contributed by atoms with E-state index in [4.69, 9.17) is 5.73 Å². The van der Waals surface area contributed by atoms with Crippen molar-refractivity contribution in [3.63, 3.8) is 0 Å². The molecular formula is C11H24N2O. The SMILES string of the molecule is CCNCCCC(N)CC(=O)C(C)C. The molecular weight excluding hydrogens is 176 g/mol. The Bertz CT molecular complexity index is 157. The van der Waals surface area contributed by atoms with Crippen molar-refractivity contribution in [1.82, 2.24) is 5.32 Å². The number of carbonyl (C=O) groups is 1. The van der Waals surface area contributed by atoms with Gasteiger partial charge in [-0.05, 0) is 25.9 Å². The Morgan fingerprint density at radius 2 is 2.07 bits per heavy atom. The lowest BCUT2D eigenvalue weighted by atomic mass is 9.99. The average molecular weight is 200 g/mol. The fourth-order valence-corrected chi connectivity index (χ4v) is 1.26. The third kappa shape index (κ3) is 7.04. The van der Waals surface area contributed by atoms with Gasteiger partial charge >= 0.3 is 0 Å². The van der Waals surface area contributed by atoms with Gasteiger partial charge in [0.15, 0.2) is 0 Å². The van der Waals surface area contributed by atoms with Gasteiger partial charge in [-0.25, -0.2) is 0 Å². The summed E-state index contributed by atoms with van der Waals surface area (Å²) in [4.78, 5) is 11.3. The Kier molecular flexibility index (Phi) is 7.71. The molecule has 0 bridgehead atoms. The van der Waals surface area contributed by atoms with E-state index in [1.54, 1.807) is 0 Å². The van der Waals surface area contributed by atoms with Crippen molar-refractivity contribution in [2.45, 2.75) is 46.1 Å². The van der Waals surface area contributed by atoms with Crippen LogP contribution in [0.3, 0.4) is 0 Å². The molecule has 0 aliphatic carbocycles. The molecule has 3 N–H and O–H groups in total. The molecule has 0 spiro atoms. The van der Waals surface area contributed by atoms with E-state index in [0.717, 1.165) is 25.9 Å². The lowest BCUT2D eigenvalue weighted by Gasteiger charge is -2.12. The third-order valence-electron chi connectivity index (χ3n) is 2.29. The van der Waals surface area contributed by atoms with Gasteiger partial charge in [0.2, 0.25) is 0 Å². The zero-order valence-electron chi connectivity index (χ0n) is 9.68. The molecule has 0 radical (unpaired) electrons. The van der Waals surface area contributed by atoms with Crippen LogP contribution in [0.1, 0.15) is 40.0 Å². The monoisotopic (exact) mass is 200 g/mol. The molecule has 0 aliphatic rings. The molecule has 84 valence electrons. The minimum Gasteiger partial charge on any atom is -0.327 e. The lowest BCUT2D eigenvalue weighted by molar-refractivity contribution is -0.122. The lowest BCUT2D eigenvalue weighted by Crippen LogP contribution is -2.27. The number of hydrogen-bond donors (Lipinski definition) is 2. The number of hydrogen-bond acceptors (Lipinski definition) is 3.